The van der Waals surface area contributed by atoms with E-state index in [0.29, 0.717) is 16.3 Å². The van der Waals surface area contributed by atoms with Crippen LogP contribution in [0.15, 0.2) is 80.6 Å². The Labute approximate surface area is 189 Å². The van der Waals surface area contributed by atoms with Crippen molar-refractivity contribution in [3.05, 3.63) is 94.3 Å². The molecule has 0 aliphatic heterocycles. The van der Waals surface area contributed by atoms with Gasteiger partial charge in [-0.05, 0) is 48.9 Å². The van der Waals surface area contributed by atoms with Crippen LogP contribution in [0.1, 0.15) is 21.7 Å². The standard InChI is InChI=1S/C25H14F3NO5/c1-13-10-11-29-12-16(13)20-21-18(8-6-14-7-9-19(30)33-23(14)21)32-24(20)22(31)15-4-2-3-5-17(15)34-25(26,27)28/h2-12H,1H3. The molecule has 0 spiro atoms. The topological polar surface area (TPSA) is 82.5 Å². The van der Waals surface area contributed by atoms with Crippen LogP contribution in [-0.2, 0) is 0 Å². The van der Waals surface area contributed by atoms with E-state index in [1.807, 2.05) is 0 Å². The Morgan fingerprint density at radius 1 is 1.00 bits per heavy atom. The summed E-state index contributed by atoms with van der Waals surface area (Å²) in [5, 5.41) is 0.916. The summed E-state index contributed by atoms with van der Waals surface area (Å²) >= 11 is 0. The number of aryl methyl sites for hydroxylation is 1. The number of ether oxygens (including phenoxy) is 1. The maximum absolute atomic E-state index is 13.6. The molecule has 0 unspecified atom stereocenters. The van der Waals surface area contributed by atoms with Crippen molar-refractivity contribution < 1.29 is 31.5 Å². The molecule has 5 aromatic rings. The number of alkyl halides is 3. The molecule has 3 aromatic heterocycles. The zero-order valence-electron chi connectivity index (χ0n) is 17.5. The number of carbonyl (C=O) groups excluding carboxylic acids is 1. The Balaban J connectivity index is 1.84. The van der Waals surface area contributed by atoms with Gasteiger partial charge in [0.05, 0.1) is 10.9 Å². The van der Waals surface area contributed by atoms with E-state index in [1.54, 1.807) is 37.4 Å². The molecule has 2 aromatic carbocycles. The zero-order chi connectivity index (χ0) is 24.0. The van der Waals surface area contributed by atoms with Crippen molar-refractivity contribution in [1.82, 2.24) is 4.98 Å². The molecule has 6 nitrogen and oxygen atoms in total. The molecular weight excluding hydrogens is 451 g/mol. The van der Waals surface area contributed by atoms with Gasteiger partial charge in [0, 0.05) is 35.0 Å². The third-order valence-corrected chi connectivity index (χ3v) is 5.31. The van der Waals surface area contributed by atoms with E-state index < -0.39 is 23.5 Å². The summed E-state index contributed by atoms with van der Waals surface area (Å²) in [6.07, 6.45) is -1.92. The van der Waals surface area contributed by atoms with Gasteiger partial charge < -0.3 is 13.6 Å². The normalized spacial score (nSPS) is 11.8. The molecule has 0 saturated carbocycles. The number of aromatic nitrogens is 1. The largest absolute Gasteiger partial charge is 0.573 e. The van der Waals surface area contributed by atoms with E-state index in [0.717, 1.165) is 11.6 Å². The molecule has 0 bridgehead atoms. The lowest BCUT2D eigenvalue weighted by Gasteiger charge is -2.12. The van der Waals surface area contributed by atoms with Crippen molar-refractivity contribution in [2.24, 2.45) is 0 Å². The van der Waals surface area contributed by atoms with Crippen molar-refractivity contribution in [2.45, 2.75) is 13.3 Å². The van der Waals surface area contributed by atoms with Crippen LogP contribution in [0.4, 0.5) is 13.2 Å². The van der Waals surface area contributed by atoms with E-state index in [9.17, 15) is 22.8 Å². The van der Waals surface area contributed by atoms with Crippen LogP contribution in [0.5, 0.6) is 5.75 Å². The average molecular weight is 465 g/mol. The van der Waals surface area contributed by atoms with Crippen LogP contribution in [0.2, 0.25) is 0 Å². The number of carbonyl (C=O) groups is 1. The number of hydrogen-bond acceptors (Lipinski definition) is 6. The minimum Gasteiger partial charge on any atom is -0.452 e. The number of fused-ring (bicyclic) bond motifs is 3. The molecule has 0 atom stereocenters. The van der Waals surface area contributed by atoms with Crippen LogP contribution in [-0.4, -0.2) is 17.1 Å². The lowest BCUT2D eigenvalue weighted by atomic mass is 9.95. The molecule has 170 valence electrons. The minimum absolute atomic E-state index is 0.186. The number of pyridine rings is 1. The molecule has 5 rings (SSSR count). The fourth-order valence-corrected chi connectivity index (χ4v) is 3.84. The van der Waals surface area contributed by atoms with Gasteiger partial charge in [-0.2, -0.15) is 0 Å². The Bertz CT molecular complexity index is 1630. The van der Waals surface area contributed by atoms with E-state index in [4.69, 9.17) is 8.83 Å². The predicted molar refractivity (Wildman–Crippen MR) is 117 cm³/mol. The fraction of sp³-hybridized carbons (Fsp3) is 0.0800. The van der Waals surface area contributed by atoms with Crippen LogP contribution < -0.4 is 10.4 Å². The number of ketones is 1. The highest BCUT2D eigenvalue weighted by molar-refractivity contribution is 6.20. The highest BCUT2D eigenvalue weighted by Crippen LogP contribution is 2.41. The van der Waals surface area contributed by atoms with Crippen LogP contribution in [0.25, 0.3) is 33.1 Å². The van der Waals surface area contributed by atoms with Crippen LogP contribution in [0.3, 0.4) is 0 Å². The van der Waals surface area contributed by atoms with E-state index in [1.165, 1.54) is 30.5 Å². The minimum atomic E-state index is -4.99. The van der Waals surface area contributed by atoms with Gasteiger partial charge in [-0.15, -0.1) is 13.2 Å². The second-order valence-corrected chi connectivity index (χ2v) is 7.48. The Morgan fingerprint density at radius 3 is 2.53 bits per heavy atom. The number of nitrogens with zero attached hydrogens (tertiary/aromatic N) is 1. The van der Waals surface area contributed by atoms with Crippen molar-refractivity contribution in [2.75, 3.05) is 0 Å². The highest BCUT2D eigenvalue weighted by Gasteiger charge is 2.34. The van der Waals surface area contributed by atoms with Gasteiger partial charge in [-0.1, -0.05) is 12.1 Å². The summed E-state index contributed by atoms with van der Waals surface area (Å²) in [5.74, 6) is -1.73. The van der Waals surface area contributed by atoms with Crippen molar-refractivity contribution >= 4 is 27.7 Å². The molecule has 0 aliphatic rings. The summed E-state index contributed by atoms with van der Waals surface area (Å²) in [4.78, 5) is 29.7. The summed E-state index contributed by atoms with van der Waals surface area (Å²) in [5.41, 5.74) is 0.940. The maximum Gasteiger partial charge on any atom is 0.573 e. The Kier molecular flexibility index (Phi) is 4.97. The SMILES string of the molecule is Cc1ccncc1-c1c(C(=O)c2ccccc2OC(F)(F)F)oc2ccc3ccc(=O)oc3c12. The molecule has 34 heavy (non-hydrogen) atoms. The molecule has 0 radical (unpaired) electrons. The summed E-state index contributed by atoms with van der Waals surface area (Å²) < 4.78 is 54.3. The van der Waals surface area contributed by atoms with Gasteiger partial charge >= 0.3 is 12.0 Å². The number of hydrogen-bond donors (Lipinski definition) is 0. The van der Waals surface area contributed by atoms with Crippen molar-refractivity contribution in [3.63, 3.8) is 0 Å². The predicted octanol–water partition coefficient (Wildman–Crippen LogP) is 6.04. The number of benzene rings is 2. The van der Waals surface area contributed by atoms with Gasteiger partial charge in [0.15, 0.2) is 5.76 Å². The Hall–Kier alpha value is -4.40. The first-order valence-corrected chi connectivity index (χ1v) is 10.0. The first-order chi connectivity index (χ1) is 16.2. The molecule has 0 fully saturated rings. The van der Waals surface area contributed by atoms with Gasteiger partial charge in [0.1, 0.15) is 16.9 Å². The monoisotopic (exact) mass is 465 g/mol. The maximum atomic E-state index is 13.6. The molecular formula is C25H14F3NO5. The molecule has 9 heteroatoms. The number of halogens is 3. The summed E-state index contributed by atoms with van der Waals surface area (Å²) in [6, 6.07) is 12.8. The van der Waals surface area contributed by atoms with Gasteiger partial charge in [0.2, 0.25) is 5.78 Å². The second-order valence-electron chi connectivity index (χ2n) is 7.48. The summed E-state index contributed by atoms with van der Waals surface area (Å²) in [7, 11) is 0. The van der Waals surface area contributed by atoms with Crippen LogP contribution >= 0.6 is 0 Å². The molecule has 0 aliphatic carbocycles. The van der Waals surface area contributed by atoms with Gasteiger partial charge in [-0.3, -0.25) is 9.78 Å². The number of rotatable bonds is 4. The lowest BCUT2D eigenvalue weighted by Crippen LogP contribution is -2.19. The second kappa shape index (κ2) is 7.87. The van der Waals surface area contributed by atoms with Crippen LogP contribution in [0, 0.1) is 6.92 Å². The average Bonchev–Trinajstić information content (AvgIpc) is 3.18. The third kappa shape index (κ3) is 3.71. The van der Waals surface area contributed by atoms with Gasteiger partial charge in [-0.25, -0.2) is 4.79 Å². The third-order valence-electron chi connectivity index (χ3n) is 5.31. The van der Waals surface area contributed by atoms with E-state index in [2.05, 4.69) is 9.72 Å². The molecule has 3 heterocycles. The highest BCUT2D eigenvalue weighted by atomic mass is 19.4. The molecule has 0 saturated heterocycles. The number of furan rings is 1. The van der Waals surface area contributed by atoms with Crippen molar-refractivity contribution in [1.29, 1.82) is 0 Å². The van der Waals surface area contributed by atoms with E-state index >= 15 is 0 Å². The molecule has 0 N–H and O–H groups in total. The van der Waals surface area contributed by atoms with Gasteiger partial charge in [0.25, 0.3) is 0 Å². The summed E-state index contributed by atoms with van der Waals surface area (Å²) in [6.45, 7) is 1.78. The Morgan fingerprint density at radius 2 is 1.76 bits per heavy atom. The smallest absolute Gasteiger partial charge is 0.452 e. The quantitative estimate of drug-likeness (QED) is 0.238. The fourth-order valence-electron chi connectivity index (χ4n) is 3.84. The zero-order valence-corrected chi connectivity index (χ0v) is 17.5. The lowest BCUT2D eigenvalue weighted by molar-refractivity contribution is -0.274. The first-order valence-electron chi connectivity index (χ1n) is 10.0. The molecule has 0 amide bonds. The van der Waals surface area contributed by atoms with E-state index in [-0.39, 0.29) is 28.1 Å². The first kappa shape index (κ1) is 21.4. The number of para-hydroxylation sites is 1. The van der Waals surface area contributed by atoms with Crippen molar-refractivity contribution in [3.8, 4) is 16.9 Å².